The number of anilines is 1. The molecular weight excluding hydrogens is 225 g/mol. The van der Waals surface area contributed by atoms with E-state index in [1.54, 1.807) is 0 Å². The largest absolute Gasteiger partial charge is 0.399 e. The minimum atomic E-state index is -0.125. The average molecular weight is 245 g/mol. The van der Waals surface area contributed by atoms with Gasteiger partial charge >= 0.3 is 0 Å². The molecule has 0 unspecified atom stereocenters. The lowest BCUT2D eigenvalue weighted by Crippen LogP contribution is -2.13. The van der Waals surface area contributed by atoms with E-state index in [1.807, 2.05) is 25.1 Å². The monoisotopic (exact) mass is 245 g/mol. The van der Waals surface area contributed by atoms with Gasteiger partial charge in [-0.3, -0.25) is 0 Å². The molecule has 0 aliphatic rings. The number of benzene rings is 2. The number of hydrogen-bond acceptors (Lipinski definition) is 1. The molecule has 0 aliphatic heterocycles. The summed E-state index contributed by atoms with van der Waals surface area (Å²) in [7, 11) is 0. The van der Waals surface area contributed by atoms with Gasteiger partial charge in [-0.25, -0.2) is 4.39 Å². The lowest BCUT2D eigenvalue weighted by atomic mass is 9.81. The zero-order valence-corrected chi connectivity index (χ0v) is 11.5. The first-order valence-electron chi connectivity index (χ1n) is 6.35. The maximum atomic E-state index is 14.0. The Balaban J connectivity index is 2.95. The average Bonchev–Trinajstić information content (AvgIpc) is 2.27. The Morgan fingerprint density at radius 2 is 1.83 bits per heavy atom. The number of aryl methyl sites for hydroxylation is 1. The van der Waals surface area contributed by atoms with Gasteiger partial charge in [-0.2, -0.15) is 0 Å². The first-order chi connectivity index (χ1) is 8.34. The topological polar surface area (TPSA) is 26.0 Å². The Morgan fingerprint density at radius 1 is 1.17 bits per heavy atom. The molecule has 2 aromatic rings. The van der Waals surface area contributed by atoms with Crippen molar-refractivity contribution in [3.05, 3.63) is 41.2 Å². The van der Waals surface area contributed by atoms with E-state index >= 15 is 0 Å². The first kappa shape index (κ1) is 12.9. The molecule has 18 heavy (non-hydrogen) atoms. The highest BCUT2D eigenvalue weighted by molar-refractivity contribution is 5.92. The van der Waals surface area contributed by atoms with Crippen LogP contribution in [0.3, 0.4) is 0 Å². The van der Waals surface area contributed by atoms with Crippen molar-refractivity contribution in [1.29, 1.82) is 0 Å². The molecular formula is C16H20FN. The molecule has 96 valence electrons. The van der Waals surface area contributed by atoms with Crippen molar-refractivity contribution < 1.29 is 4.39 Å². The van der Waals surface area contributed by atoms with Crippen molar-refractivity contribution in [3.63, 3.8) is 0 Å². The number of hydrogen-bond donors (Lipinski definition) is 1. The fraction of sp³-hybridized carbons (Fsp3) is 0.375. The molecule has 2 rings (SSSR count). The smallest absolute Gasteiger partial charge is 0.127 e. The van der Waals surface area contributed by atoms with Crippen LogP contribution in [0.1, 0.15) is 38.8 Å². The summed E-state index contributed by atoms with van der Waals surface area (Å²) in [4.78, 5) is 0. The summed E-state index contributed by atoms with van der Waals surface area (Å²) in [6, 6.07) is 7.24. The third-order valence-electron chi connectivity index (χ3n) is 3.35. The van der Waals surface area contributed by atoms with Crippen molar-refractivity contribution >= 4 is 16.5 Å². The molecule has 2 aromatic carbocycles. The second-order valence-corrected chi connectivity index (χ2v) is 5.80. The van der Waals surface area contributed by atoms with E-state index in [2.05, 4.69) is 20.8 Å². The highest BCUT2D eigenvalue weighted by atomic mass is 19.1. The first-order valence-corrected chi connectivity index (χ1v) is 6.35. The number of halogens is 1. The summed E-state index contributed by atoms with van der Waals surface area (Å²) in [5, 5.41) is 2.05. The third-order valence-corrected chi connectivity index (χ3v) is 3.35. The van der Waals surface area contributed by atoms with Crippen molar-refractivity contribution in [3.8, 4) is 0 Å². The van der Waals surface area contributed by atoms with Crippen LogP contribution in [0.25, 0.3) is 10.8 Å². The quantitative estimate of drug-likeness (QED) is 0.739. The molecule has 0 aliphatic carbocycles. The van der Waals surface area contributed by atoms with Crippen molar-refractivity contribution in [2.75, 3.05) is 5.73 Å². The lowest BCUT2D eigenvalue weighted by molar-refractivity contribution is 0.592. The second-order valence-electron chi connectivity index (χ2n) is 5.80. The van der Waals surface area contributed by atoms with Crippen molar-refractivity contribution in [2.45, 2.75) is 39.5 Å². The molecule has 0 spiro atoms. The number of fused-ring (bicyclic) bond motifs is 1. The van der Waals surface area contributed by atoms with E-state index in [0.717, 1.165) is 27.6 Å². The maximum absolute atomic E-state index is 14.0. The summed E-state index contributed by atoms with van der Waals surface area (Å²) >= 11 is 0. The van der Waals surface area contributed by atoms with Gasteiger partial charge < -0.3 is 5.73 Å². The van der Waals surface area contributed by atoms with E-state index in [1.165, 1.54) is 6.07 Å². The fourth-order valence-corrected chi connectivity index (χ4v) is 2.48. The van der Waals surface area contributed by atoms with Crippen LogP contribution in [-0.2, 0) is 11.8 Å². The van der Waals surface area contributed by atoms with Gasteiger partial charge in [0.05, 0.1) is 0 Å². The molecule has 0 bridgehead atoms. The van der Waals surface area contributed by atoms with Crippen LogP contribution in [-0.4, -0.2) is 0 Å². The van der Waals surface area contributed by atoms with Crippen LogP contribution in [0.5, 0.6) is 0 Å². The standard InChI is InChI=1S/C16H20FN/c1-5-12-14(17)7-6-10-8-11(18)9-13(15(10)12)16(2,3)4/h6-9H,5,18H2,1-4H3. The number of rotatable bonds is 1. The predicted molar refractivity (Wildman–Crippen MR) is 76.4 cm³/mol. The van der Waals surface area contributed by atoms with Crippen molar-refractivity contribution in [2.24, 2.45) is 0 Å². The minimum Gasteiger partial charge on any atom is -0.399 e. The summed E-state index contributed by atoms with van der Waals surface area (Å²) in [5.41, 5.74) is 8.55. The SMILES string of the molecule is CCc1c(F)ccc2cc(N)cc(C(C)(C)C)c12. The van der Waals surface area contributed by atoms with E-state index < -0.39 is 0 Å². The summed E-state index contributed by atoms with van der Waals surface area (Å²) in [6.45, 7) is 8.38. The Morgan fingerprint density at radius 3 is 2.39 bits per heavy atom. The van der Waals surface area contributed by atoms with E-state index in [4.69, 9.17) is 5.73 Å². The van der Waals surface area contributed by atoms with Gasteiger partial charge in [-0.15, -0.1) is 0 Å². The zero-order valence-electron chi connectivity index (χ0n) is 11.5. The zero-order chi connectivity index (χ0) is 13.5. The molecule has 1 nitrogen and oxygen atoms in total. The van der Waals surface area contributed by atoms with Gasteiger partial charge in [0.2, 0.25) is 0 Å². The molecule has 0 saturated heterocycles. The Hall–Kier alpha value is -1.57. The number of nitrogens with two attached hydrogens (primary N) is 1. The van der Waals surface area contributed by atoms with Crippen LogP contribution in [0.15, 0.2) is 24.3 Å². The van der Waals surface area contributed by atoms with Crippen LogP contribution in [0, 0.1) is 5.82 Å². The van der Waals surface area contributed by atoms with Crippen LogP contribution in [0.2, 0.25) is 0 Å². The minimum absolute atomic E-state index is 0.0503. The summed E-state index contributed by atoms with van der Waals surface area (Å²) in [5.74, 6) is -0.125. The van der Waals surface area contributed by atoms with Crippen LogP contribution in [0.4, 0.5) is 10.1 Å². The normalized spacial score (nSPS) is 12.1. The summed E-state index contributed by atoms with van der Waals surface area (Å²) in [6.07, 6.45) is 0.691. The van der Waals surface area contributed by atoms with Gasteiger partial charge in [0.1, 0.15) is 5.82 Å². The van der Waals surface area contributed by atoms with Gasteiger partial charge in [0.15, 0.2) is 0 Å². The predicted octanol–water partition coefficient (Wildman–Crippen LogP) is 4.42. The molecule has 2 heteroatoms. The van der Waals surface area contributed by atoms with Crippen LogP contribution >= 0.6 is 0 Å². The van der Waals surface area contributed by atoms with Gasteiger partial charge in [-0.1, -0.05) is 33.8 Å². The number of nitrogen functional groups attached to an aromatic ring is 1. The molecule has 0 atom stereocenters. The summed E-state index contributed by atoms with van der Waals surface area (Å²) < 4.78 is 14.0. The highest BCUT2D eigenvalue weighted by Gasteiger charge is 2.20. The van der Waals surface area contributed by atoms with E-state index in [-0.39, 0.29) is 11.2 Å². The Kier molecular flexibility index (Phi) is 3.05. The van der Waals surface area contributed by atoms with Gasteiger partial charge in [0.25, 0.3) is 0 Å². The molecule has 2 N–H and O–H groups in total. The lowest BCUT2D eigenvalue weighted by Gasteiger charge is -2.24. The Labute approximate surface area is 108 Å². The molecule has 0 aromatic heterocycles. The molecule has 0 heterocycles. The second kappa shape index (κ2) is 4.27. The van der Waals surface area contributed by atoms with E-state index in [9.17, 15) is 4.39 Å². The Bertz CT molecular complexity index is 594. The van der Waals surface area contributed by atoms with Gasteiger partial charge in [-0.05, 0) is 51.9 Å². The van der Waals surface area contributed by atoms with E-state index in [0.29, 0.717) is 6.42 Å². The van der Waals surface area contributed by atoms with Crippen LogP contribution < -0.4 is 5.73 Å². The molecule has 0 amide bonds. The maximum Gasteiger partial charge on any atom is 0.127 e. The highest BCUT2D eigenvalue weighted by Crippen LogP contribution is 2.35. The van der Waals surface area contributed by atoms with Gasteiger partial charge in [0, 0.05) is 5.69 Å². The molecule has 0 radical (unpaired) electrons. The third kappa shape index (κ3) is 2.07. The molecule has 0 fully saturated rings. The molecule has 0 saturated carbocycles. The van der Waals surface area contributed by atoms with Crippen molar-refractivity contribution in [1.82, 2.24) is 0 Å². The fourth-order valence-electron chi connectivity index (χ4n) is 2.48.